The Bertz CT molecular complexity index is 1110. The molecule has 30 heavy (non-hydrogen) atoms. The molecule has 0 aromatic heterocycles. The molecule has 0 saturated carbocycles. The fourth-order valence-electron chi connectivity index (χ4n) is 4.19. The molecule has 2 atom stereocenters. The van der Waals surface area contributed by atoms with Gasteiger partial charge >= 0.3 is 0 Å². The Morgan fingerprint density at radius 1 is 1.00 bits per heavy atom. The summed E-state index contributed by atoms with van der Waals surface area (Å²) in [7, 11) is 0. The van der Waals surface area contributed by atoms with E-state index < -0.39 is 0 Å². The molecule has 0 radical (unpaired) electrons. The standard InChI is InChI=1S/C25H22Cl2N2O/c1-15(2)16-8-10-18(11-9-16)25-29-23(14-22(28-29)17-6-4-3-5-7-17)20-12-19(26)13-21(27)24(20)30-25/h3-13,15,23,25H,14H2,1-2H3. The zero-order chi connectivity index (χ0) is 20.8. The number of fused-ring (bicyclic) bond motifs is 3. The van der Waals surface area contributed by atoms with E-state index in [4.69, 9.17) is 33.0 Å². The summed E-state index contributed by atoms with van der Waals surface area (Å²) in [4.78, 5) is 0. The zero-order valence-electron chi connectivity index (χ0n) is 16.8. The van der Waals surface area contributed by atoms with Crippen molar-refractivity contribution in [1.82, 2.24) is 5.01 Å². The van der Waals surface area contributed by atoms with E-state index in [1.165, 1.54) is 5.56 Å². The molecule has 0 spiro atoms. The first-order chi connectivity index (χ1) is 14.5. The van der Waals surface area contributed by atoms with Gasteiger partial charge in [-0.05, 0) is 29.2 Å². The van der Waals surface area contributed by atoms with Crippen molar-refractivity contribution in [3.63, 3.8) is 0 Å². The van der Waals surface area contributed by atoms with Gasteiger partial charge in [0.25, 0.3) is 0 Å². The van der Waals surface area contributed by atoms with Crippen molar-refractivity contribution >= 4 is 28.9 Å². The molecule has 3 aromatic carbocycles. The van der Waals surface area contributed by atoms with Crippen LogP contribution in [0.25, 0.3) is 0 Å². The highest BCUT2D eigenvalue weighted by Crippen LogP contribution is 2.50. The second-order valence-electron chi connectivity index (χ2n) is 8.11. The fraction of sp³-hybridized carbons (Fsp3) is 0.240. The number of halogens is 2. The third-order valence-corrected chi connectivity index (χ3v) is 6.30. The lowest BCUT2D eigenvalue weighted by atomic mass is 9.95. The zero-order valence-corrected chi connectivity index (χ0v) is 18.4. The van der Waals surface area contributed by atoms with Crippen LogP contribution in [-0.2, 0) is 0 Å². The molecule has 2 aliphatic rings. The number of nitrogens with zero attached hydrogens (tertiary/aromatic N) is 2. The quantitative estimate of drug-likeness (QED) is 0.428. The van der Waals surface area contributed by atoms with Crippen molar-refractivity contribution in [3.05, 3.63) is 99.0 Å². The number of benzene rings is 3. The van der Waals surface area contributed by atoms with E-state index in [0.29, 0.717) is 21.7 Å². The van der Waals surface area contributed by atoms with Gasteiger partial charge in [0.1, 0.15) is 5.75 Å². The molecule has 5 rings (SSSR count). The summed E-state index contributed by atoms with van der Waals surface area (Å²) in [6.45, 7) is 4.39. The Hall–Kier alpha value is -2.49. The number of hydrazone groups is 1. The first-order valence-corrected chi connectivity index (χ1v) is 10.9. The Balaban J connectivity index is 1.60. The van der Waals surface area contributed by atoms with E-state index in [1.54, 1.807) is 6.07 Å². The number of ether oxygens (including phenoxy) is 1. The smallest absolute Gasteiger partial charge is 0.213 e. The maximum absolute atomic E-state index is 6.55. The van der Waals surface area contributed by atoms with Crippen molar-refractivity contribution in [3.8, 4) is 5.75 Å². The van der Waals surface area contributed by atoms with Crippen molar-refractivity contribution in [2.24, 2.45) is 5.10 Å². The summed E-state index contributed by atoms with van der Waals surface area (Å²) in [6, 6.07) is 22.6. The summed E-state index contributed by atoms with van der Waals surface area (Å²) < 4.78 is 6.43. The van der Waals surface area contributed by atoms with Crippen LogP contribution < -0.4 is 4.74 Å². The molecule has 0 amide bonds. The van der Waals surface area contributed by atoms with Crippen LogP contribution in [0.2, 0.25) is 10.0 Å². The Kier molecular flexibility index (Phi) is 4.96. The monoisotopic (exact) mass is 436 g/mol. The van der Waals surface area contributed by atoms with Crippen LogP contribution in [-0.4, -0.2) is 10.7 Å². The minimum Gasteiger partial charge on any atom is -0.463 e. The van der Waals surface area contributed by atoms with E-state index in [1.807, 2.05) is 24.3 Å². The van der Waals surface area contributed by atoms with E-state index >= 15 is 0 Å². The van der Waals surface area contributed by atoms with E-state index in [0.717, 1.165) is 28.8 Å². The molecule has 3 nitrogen and oxygen atoms in total. The predicted octanol–water partition coefficient (Wildman–Crippen LogP) is 7.36. The minimum absolute atomic E-state index is 0.0231. The molecule has 0 fully saturated rings. The van der Waals surface area contributed by atoms with E-state index in [9.17, 15) is 0 Å². The summed E-state index contributed by atoms with van der Waals surface area (Å²) in [6.07, 6.45) is 0.432. The number of hydrogen-bond donors (Lipinski definition) is 0. The normalized spacial score (nSPS) is 19.9. The molecule has 0 aliphatic carbocycles. The topological polar surface area (TPSA) is 24.8 Å². The molecular formula is C25H22Cl2N2O. The molecule has 3 aromatic rings. The van der Waals surface area contributed by atoms with Gasteiger partial charge in [-0.25, -0.2) is 5.01 Å². The van der Waals surface area contributed by atoms with E-state index in [-0.39, 0.29) is 12.3 Å². The van der Waals surface area contributed by atoms with Crippen molar-refractivity contribution < 1.29 is 4.74 Å². The molecule has 2 unspecified atom stereocenters. The third kappa shape index (κ3) is 3.36. The van der Waals surface area contributed by atoms with Gasteiger partial charge in [0, 0.05) is 22.6 Å². The maximum atomic E-state index is 6.55. The lowest BCUT2D eigenvalue weighted by Crippen LogP contribution is -2.33. The average molecular weight is 437 g/mol. The summed E-state index contributed by atoms with van der Waals surface area (Å²) >= 11 is 12.9. The molecule has 0 bridgehead atoms. The molecule has 2 aliphatic heterocycles. The van der Waals surface area contributed by atoms with Gasteiger partial charge in [-0.2, -0.15) is 5.10 Å². The summed E-state index contributed by atoms with van der Waals surface area (Å²) in [5.74, 6) is 1.18. The SMILES string of the molecule is CC(C)c1ccc(C2Oc3c(Cl)cc(Cl)cc3C3CC(c4ccccc4)=NN32)cc1. The molecular weight excluding hydrogens is 415 g/mol. The van der Waals surface area contributed by atoms with Crippen LogP contribution in [0.1, 0.15) is 60.7 Å². The van der Waals surface area contributed by atoms with Gasteiger partial charge in [0.05, 0.1) is 16.8 Å². The maximum Gasteiger partial charge on any atom is 0.213 e. The van der Waals surface area contributed by atoms with Crippen molar-refractivity contribution in [2.45, 2.75) is 38.5 Å². The minimum atomic E-state index is -0.344. The van der Waals surface area contributed by atoms with Crippen LogP contribution in [0.3, 0.4) is 0 Å². The summed E-state index contributed by atoms with van der Waals surface area (Å²) in [5.41, 5.74) is 5.50. The molecule has 152 valence electrons. The van der Waals surface area contributed by atoms with Gasteiger partial charge in [0.2, 0.25) is 6.23 Å². The van der Waals surface area contributed by atoms with Crippen molar-refractivity contribution in [2.75, 3.05) is 0 Å². The second kappa shape index (κ2) is 7.64. The van der Waals surface area contributed by atoms with E-state index in [2.05, 4.69) is 55.3 Å². The van der Waals surface area contributed by atoms with Crippen LogP contribution >= 0.6 is 23.2 Å². The van der Waals surface area contributed by atoms with Crippen LogP contribution in [0.5, 0.6) is 5.75 Å². The lowest BCUT2D eigenvalue weighted by Gasteiger charge is -2.38. The second-order valence-corrected chi connectivity index (χ2v) is 8.95. The number of rotatable bonds is 3. The van der Waals surface area contributed by atoms with Gasteiger partial charge < -0.3 is 4.74 Å². The van der Waals surface area contributed by atoms with Crippen LogP contribution in [0, 0.1) is 0 Å². The highest BCUT2D eigenvalue weighted by Gasteiger charge is 2.42. The molecule has 0 N–H and O–H groups in total. The van der Waals surface area contributed by atoms with Crippen molar-refractivity contribution in [1.29, 1.82) is 0 Å². The predicted molar refractivity (Wildman–Crippen MR) is 123 cm³/mol. The highest BCUT2D eigenvalue weighted by atomic mass is 35.5. The first-order valence-electron chi connectivity index (χ1n) is 10.2. The number of hydrogen-bond acceptors (Lipinski definition) is 3. The Labute approximate surface area is 186 Å². The Morgan fingerprint density at radius 3 is 2.43 bits per heavy atom. The fourth-order valence-corrected chi connectivity index (χ4v) is 4.74. The third-order valence-electron chi connectivity index (χ3n) is 5.80. The van der Waals surface area contributed by atoms with Gasteiger partial charge in [0.15, 0.2) is 0 Å². The molecule has 0 saturated heterocycles. The molecule has 5 heteroatoms. The molecule has 2 heterocycles. The first kappa shape index (κ1) is 19.5. The largest absolute Gasteiger partial charge is 0.463 e. The summed E-state index contributed by atoms with van der Waals surface area (Å²) in [5, 5.41) is 8.19. The van der Waals surface area contributed by atoms with Gasteiger partial charge in [-0.1, -0.05) is 91.6 Å². The average Bonchev–Trinajstić information content (AvgIpc) is 3.20. The lowest BCUT2D eigenvalue weighted by molar-refractivity contribution is -0.0189. The van der Waals surface area contributed by atoms with Gasteiger partial charge in [-0.3, -0.25) is 0 Å². The van der Waals surface area contributed by atoms with Crippen LogP contribution in [0.4, 0.5) is 0 Å². The highest BCUT2D eigenvalue weighted by molar-refractivity contribution is 6.35. The Morgan fingerprint density at radius 2 is 1.73 bits per heavy atom. The van der Waals surface area contributed by atoms with Crippen LogP contribution in [0.15, 0.2) is 71.8 Å². The van der Waals surface area contributed by atoms with Gasteiger partial charge in [-0.15, -0.1) is 0 Å².